The van der Waals surface area contributed by atoms with E-state index in [1.165, 1.54) is 55.0 Å². The van der Waals surface area contributed by atoms with E-state index in [1.807, 2.05) is 87.5 Å². The molecule has 16 aromatic rings. The van der Waals surface area contributed by atoms with Crippen LogP contribution in [0.15, 0.2) is 183 Å². The molecule has 0 saturated carbocycles. The number of urea groups is 3. The quantitative estimate of drug-likeness (QED) is 0.0267. The van der Waals surface area contributed by atoms with Crippen LogP contribution < -0.4 is 53.2 Å². The zero-order valence-corrected chi connectivity index (χ0v) is 72.0. The average molecular weight is 1780 g/mol. The van der Waals surface area contributed by atoms with Gasteiger partial charge in [-0.05, 0) is 165 Å². The topological polar surface area (TPSA) is 479 Å². The van der Waals surface area contributed by atoms with E-state index >= 15 is 0 Å². The molecule has 2 aliphatic heterocycles. The summed E-state index contributed by atoms with van der Waals surface area (Å²) in [5.41, 5.74) is 14.0. The van der Waals surface area contributed by atoms with Crippen LogP contribution in [0.5, 0.6) is 0 Å². The van der Waals surface area contributed by atoms with Crippen LogP contribution in [0.25, 0.3) is 134 Å². The number of anilines is 7. The highest BCUT2D eigenvalue weighted by Crippen LogP contribution is 2.39. The zero-order valence-electron chi connectivity index (χ0n) is 72.0. The predicted octanol–water partition coefficient (Wildman–Crippen LogP) is 14.0. The first-order valence-corrected chi connectivity index (χ1v) is 42.1. The van der Waals surface area contributed by atoms with Crippen molar-refractivity contribution in [3.63, 3.8) is 0 Å². The van der Waals surface area contributed by atoms with Crippen LogP contribution >= 0.6 is 0 Å². The van der Waals surface area contributed by atoms with Gasteiger partial charge in [0.05, 0.1) is 61.6 Å². The number of pyridine rings is 5. The first-order chi connectivity index (χ1) is 64.0. The summed E-state index contributed by atoms with van der Waals surface area (Å²) in [7, 11) is 3.59. The van der Waals surface area contributed by atoms with Crippen LogP contribution in [0.4, 0.5) is 73.7 Å². The number of imidazole rings is 4. The number of carbonyl (C=O) groups is 4. The number of morpholine rings is 2. The number of hydrogen-bond donors (Lipinski definition) is 14. The summed E-state index contributed by atoms with van der Waals surface area (Å²) >= 11 is 0. The lowest BCUT2D eigenvalue weighted by Gasteiger charge is -2.26. The minimum atomic E-state index is -0.630. The van der Waals surface area contributed by atoms with Crippen molar-refractivity contribution in [2.75, 3.05) is 143 Å². The minimum absolute atomic E-state index is 0.165. The molecule has 0 bridgehead atoms. The maximum atomic E-state index is 14.7. The van der Waals surface area contributed by atoms with Gasteiger partial charge >= 0.3 is 24.2 Å². The molecule has 14 heterocycles. The van der Waals surface area contributed by atoms with E-state index in [1.54, 1.807) is 82.7 Å². The predicted molar refractivity (Wildman–Crippen MR) is 493 cm³/mol. The maximum absolute atomic E-state index is 14.7. The molecule has 41 heteroatoms. The number of aromatic nitrogens is 19. The summed E-state index contributed by atoms with van der Waals surface area (Å²) < 4.78 is 59.5. The molecule has 14 N–H and O–H groups in total. The molecule has 2 aliphatic rings. The van der Waals surface area contributed by atoms with Gasteiger partial charge in [0.25, 0.3) is 0 Å². The van der Waals surface area contributed by atoms with E-state index in [-0.39, 0.29) is 59.6 Å². The molecule has 0 aliphatic carbocycles. The summed E-state index contributed by atoms with van der Waals surface area (Å²) in [6.07, 6.45) is 17.8. The number of fused-ring (bicyclic) bond motifs is 4. The Balaban J connectivity index is 0.000000134. The number of amides is 7. The van der Waals surface area contributed by atoms with Crippen molar-refractivity contribution in [3.8, 4) is 89.7 Å². The molecule has 670 valence electrons. The molecular formula is C90H92F3N31O7. The summed E-state index contributed by atoms with van der Waals surface area (Å²) in [5.74, 6) is 2.95. The number of aromatic amines is 4. The summed E-state index contributed by atoms with van der Waals surface area (Å²) in [6, 6.07) is 31.8. The number of H-pyrrole nitrogens is 4. The van der Waals surface area contributed by atoms with Crippen molar-refractivity contribution in [2.45, 2.75) is 34.2 Å². The molecular weight excluding hydrogens is 1680 g/mol. The normalized spacial score (nSPS) is 12.6. The monoisotopic (exact) mass is 1780 g/mol. The highest BCUT2D eigenvalue weighted by Gasteiger charge is 2.24. The molecule has 0 radical (unpaired) electrons. The number of benzene rings is 4. The minimum Gasteiger partial charge on any atom is -0.450 e. The molecule has 12 aromatic heterocycles. The lowest BCUT2D eigenvalue weighted by molar-refractivity contribution is 0.0330. The molecule has 2 saturated heterocycles. The molecule has 7 amide bonds. The third kappa shape index (κ3) is 22.6. The van der Waals surface area contributed by atoms with Crippen LogP contribution in [-0.2, 0) is 20.8 Å². The van der Waals surface area contributed by atoms with E-state index in [9.17, 15) is 32.3 Å². The number of hydrogen-bond acceptors (Lipinski definition) is 27. The third-order valence-corrected chi connectivity index (χ3v) is 20.4. The molecule has 2 fully saturated rings. The molecule has 0 unspecified atom stereocenters. The summed E-state index contributed by atoms with van der Waals surface area (Å²) in [6.45, 7) is 17.8. The fraction of sp³-hybridized carbons (Fsp3) is 0.233. The molecule has 0 atom stereocenters. The van der Waals surface area contributed by atoms with Gasteiger partial charge in [0.1, 0.15) is 74.1 Å². The summed E-state index contributed by atoms with van der Waals surface area (Å²) in [4.78, 5) is 131. The Bertz CT molecular complexity index is 6450. The largest absolute Gasteiger partial charge is 0.450 e. The number of nitrogens with one attached hydrogen (secondary N) is 14. The fourth-order valence-electron chi connectivity index (χ4n) is 14.2. The van der Waals surface area contributed by atoms with Crippen LogP contribution in [0, 0.1) is 17.5 Å². The number of ether oxygens (including phenoxy) is 3. The van der Waals surface area contributed by atoms with Gasteiger partial charge in [0.15, 0.2) is 5.82 Å². The van der Waals surface area contributed by atoms with Gasteiger partial charge < -0.3 is 66.0 Å². The smallest absolute Gasteiger partial charge is 0.413 e. The van der Waals surface area contributed by atoms with Gasteiger partial charge in [-0.2, -0.15) is 0 Å². The second-order valence-electron chi connectivity index (χ2n) is 29.2. The number of carbonyl (C=O) groups excluding carboxylic acids is 4. The first-order valence-electron chi connectivity index (χ1n) is 42.1. The van der Waals surface area contributed by atoms with E-state index < -0.39 is 23.5 Å². The van der Waals surface area contributed by atoms with E-state index in [0.717, 1.165) is 126 Å². The molecule has 18 rings (SSSR count). The number of nitrogens with zero attached hydrogens (tertiary/aromatic N) is 17. The lowest BCUT2D eigenvalue weighted by atomic mass is 10.0. The van der Waals surface area contributed by atoms with Crippen molar-refractivity contribution in [1.29, 1.82) is 0 Å². The van der Waals surface area contributed by atoms with Crippen molar-refractivity contribution >= 4 is 110 Å². The Morgan fingerprint density at radius 1 is 0.405 bits per heavy atom. The van der Waals surface area contributed by atoms with Gasteiger partial charge in [0.2, 0.25) is 29.7 Å². The first kappa shape index (κ1) is 89.7. The van der Waals surface area contributed by atoms with E-state index in [0.29, 0.717) is 112 Å². The van der Waals surface area contributed by atoms with Crippen molar-refractivity contribution in [2.24, 2.45) is 0 Å². The van der Waals surface area contributed by atoms with Gasteiger partial charge in [0, 0.05) is 186 Å². The highest BCUT2D eigenvalue weighted by atomic mass is 19.1. The molecule has 4 aromatic carbocycles. The standard InChI is InChI=1S/C24H25FN8O2.C24H28N10O2.C21H20FN7O.C21H19FN6O2/c1-2-26-24(34)32-23-30-19-11-15(10-17(22(19)31-23)21-18(25)4-3-5-27-21)16-12-28-20(29-13-16)14-33-6-8-35-9-7-33;1-2-25-24(35)33-23-31-19-13-16(12-18(20(19)32-23)21-26-4-3-5-27-21)17-14-29-22(30-15-17)28-6-7-34-8-10-36-11-9-34;1-3-24-21(30)29-20-27-16-10-13(12-6-7-17(23-2)26-11-12)9-14(19(16)28-20)18-15(22)5-4-8-25-18;1-3-30-21(29)28-20-26-16-10-13(12-6-7-17(23-2)25-11-12)9-14(19(16)27-20)18-15(22)5-4-8-24-18/h3-5,10-13H,2,6-9,14H2,1H3,(H3,26,30,31,32,34);3-5,12-15H,2,6-11H2,1H3,(H,28,29,30)(H3,25,31,32,33,35);4-11H,3H2,1-2H3,(H,23,26)(H3,24,27,28,29,30);4-11H,3H2,1-2H3,(H,23,25)(H2,26,27,28,29). The molecule has 38 nitrogen and oxygen atoms in total. The van der Waals surface area contributed by atoms with Crippen molar-refractivity contribution in [1.82, 2.24) is 120 Å². The highest BCUT2D eigenvalue weighted by molar-refractivity contribution is 6.02. The van der Waals surface area contributed by atoms with Crippen molar-refractivity contribution < 1.29 is 46.6 Å². The number of halogens is 3. The Labute approximate surface area is 747 Å². The van der Waals surface area contributed by atoms with Crippen LogP contribution in [0.1, 0.15) is 33.5 Å². The Morgan fingerprint density at radius 3 is 1.15 bits per heavy atom. The van der Waals surface area contributed by atoms with Crippen LogP contribution in [0.3, 0.4) is 0 Å². The Kier molecular flexibility index (Phi) is 29.4. The SMILES string of the molecule is CCNC(=O)Nc1nc2c(-c3ncccc3F)cc(-c3ccc(NC)nc3)cc2[nH]1.CCNC(=O)Nc1nc2c(-c3ncccc3F)cc(-c3cnc(CN4CCOCC4)nc3)cc2[nH]1.CCNC(=O)Nc1nc2c(-c3ncccn3)cc(-c3cnc(NCCN4CCOCC4)nc3)cc2[nH]1.CCOC(=O)Nc1nc2c(-c3ncccc3F)cc(-c3ccc(NC)nc3)cc2[nH]1. The number of rotatable bonds is 24. The summed E-state index contributed by atoms with van der Waals surface area (Å²) in [5, 5.41) is 27.8. The lowest BCUT2D eigenvalue weighted by Crippen LogP contribution is -2.39. The fourth-order valence-corrected chi connectivity index (χ4v) is 14.2. The van der Waals surface area contributed by atoms with Gasteiger partial charge in [-0.25, -0.2) is 92.2 Å². The van der Waals surface area contributed by atoms with E-state index in [4.69, 9.17) is 14.2 Å². The molecule has 0 spiro atoms. The van der Waals surface area contributed by atoms with E-state index in [2.05, 4.69) is 158 Å². The van der Waals surface area contributed by atoms with Crippen molar-refractivity contribution in [3.05, 3.63) is 207 Å². The van der Waals surface area contributed by atoms with Crippen LogP contribution in [-0.4, -0.2) is 235 Å². The van der Waals surface area contributed by atoms with Gasteiger partial charge in [-0.1, -0.05) is 0 Å². The third-order valence-electron chi connectivity index (χ3n) is 20.4. The Morgan fingerprint density at radius 2 is 0.771 bits per heavy atom. The average Bonchev–Trinajstić information content (AvgIpc) is 1.68. The molecule has 131 heavy (non-hydrogen) atoms. The second-order valence-corrected chi connectivity index (χ2v) is 29.2. The zero-order chi connectivity index (χ0) is 91.1. The maximum Gasteiger partial charge on any atom is 0.413 e. The second kappa shape index (κ2) is 42.9. The van der Waals surface area contributed by atoms with Gasteiger partial charge in [-0.15, -0.1) is 0 Å². The van der Waals surface area contributed by atoms with Gasteiger partial charge in [-0.3, -0.25) is 46.0 Å². The van der Waals surface area contributed by atoms with Crippen LogP contribution in [0.2, 0.25) is 0 Å². The Hall–Kier alpha value is -16.1.